The van der Waals surface area contributed by atoms with Crippen LogP contribution in [-0.2, 0) is 15.7 Å². The molecule has 0 unspecified atom stereocenters. The van der Waals surface area contributed by atoms with E-state index in [0.29, 0.717) is 5.69 Å². The summed E-state index contributed by atoms with van der Waals surface area (Å²) in [6.07, 6.45) is -5.10. The van der Waals surface area contributed by atoms with E-state index in [2.05, 4.69) is 5.10 Å². The highest BCUT2D eigenvalue weighted by molar-refractivity contribution is 6.06. The molecule has 1 heterocycles. The number of alkyl halides is 3. The molecule has 0 aliphatic rings. The number of benzene rings is 3. The van der Waals surface area contributed by atoms with E-state index in [1.165, 1.54) is 28.9 Å². The van der Waals surface area contributed by atoms with Crippen LogP contribution >= 0.6 is 0 Å². The molecule has 0 spiro atoms. The summed E-state index contributed by atoms with van der Waals surface area (Å²) >= 11 is 0. The Morgan fingerprint density at radius 2 is 1.40 bits per heavy atom. The van der Waals surface area contributed by atoms with Gasteiger partial charge in [0.2, 0.25) is 0 Å². The number of carbonyl (C=O) groups is 2. The van der Waals surface area contributed by atoms with Crippen molar-refractivity contribution in [2.45, 2.75) is 6.18 Å². The highest BCUT2D eigenvalue weighted by Crippen LogP contribution is 2.44. The van der Waals surface area contributed by atoms with Crippen LogP contribution in [0.2, 0.25) is 0 Å². The van der Waals surface area contributed by atoms with E-state index in [-0.39, 0.29) is 40.4 Å². The van der Waals surface area contributed by atoms with E-state index in [4.69, 9.17) is 14.2 Å². The molecule has 0 atom stereocenters. The van der Waals surface area contributed by atoms with Crippen LogP contribution in [0.25, 0.3) is 16.9 Å². The second-order valence-corrected chi connectivity index (χ2v) is 8.28. The highest BCUT2D eigenvalue weighted by atomic mass is 19.4. The van der Waals surface area contributed by atoms with Gasteiger partial charge in [-0.2, -0.15) is 18.3 Å². The number of aromatic nitrogens is 2. The predicted octanol–water partition coefficient (Wildman–Crippen LogP) is 5.74. The first-order valence-corrected chi connectivity index (χ1v) is 11.5. The third-order valence-corrected chi connectivity index (χ3v) is 5.77. The van der Waals surface area contributed by atoms with Gasteiger partial charge in [0.25, 0.3) is 5.75 Å². The van der Waals surface area contributed by atoms with Crippen molar-refractivity contribution >= 4 is 23.3 Å². The van der Waals surface area contributed by atoms with E-state index in [0.717, 1.165) is 14.2 Å². The number of para-hydroxylation sites is 1. The Balaban J connectivity index is 1.83. The van der Waals surface area contributed by atoms with Crippen molar-refractivity contribution in [2.75, 3.05) is 14.2 Å². The topological polar surface area (TPSA) is 166 Å². The molecule has 216 valence electrons. The maximum atomic E-state index is 13.2. The lowest BCUT2D eigenvalue weighted by Crippen LogP contribution is -2.15. The van der Waals surface area contributed by atoms with Crippen molar-refractivity contribution in [1.29, 1.82) is 0 Å². The largest absolute Gasteiger partial charge is 0.465 e. The van der Waals surface area contributed by atoms with Gasteiger partial charge in [-0.25, -0.2) is 14.3 Å². The van der Waals surface area contributed by atoms with Crippen LogP contribution < -0.4 is 4.74 Å². The van der Waals surface area contributed by atoms with Crippen molar-refractivity contribution in [1.82, 2.24) is 9.78 Å². The minimum atomic E-state index is -5.10. The minimum Gasteiger partial charge on any atom is -0.465 e. The van der Waals surface area contributed by atoms with E-state index in [1.54, 1.807) is 30.3 Å². The summed E-state index contributed by atoms with van der Waals surface area (Å²) < 4.78 is 55.8. The maximum absolute atomic E-state index is 13.2. The van der Waals surface area contributed by atoms with Gasteiger partial charge in [-0.05, 0) is 36.4 Å². The summed E-state index contributed by atoms with van der Waals surface area (Å²) in [6.45, 7) is 0. The zero-order valence-corrected chi connectivity index (χ0v) is 21.4. The third-order valence-electron chi connectivity index (χ3n) is 5.77. The van der Waals surface area contributed by atoms with Crippen molar-refractivity contribution < 1.29 is 46.8 Å². The first-order valence-electron chi connectivity index (χ1n) is 11.5. The van der Waals surface area contributed by atoms with Gasteiger partial charge in [0.1, 0.15) is 17.0 Å². The number of methoxy groups -OCH3 is 2. The van der Waals surface area contributed by atoms with E-state index in [9.17, 15) is 43.0 Å². The van der Waals surface area contributed by atoms with Crippen LogP contribution in [0.5, 0.6) is 11.5 Å². The molecular weight excluding hydrogens is 569 g/mol. The third kappa shape index (κ3) is 5.58. The monoisotopic (exact) mass is 586 g/mol. The first-order chi connectivity index (χ1) is 19.9. The molecule has 4 aromatic rings. The highest BCUT2D eigenvalue weighted by Gasteiger charge is 2.39. The first kappa shape index (κ1) is 29.2. The summed E-state index contributed by atoms with van der Waals surface area (Å²) in [6, 6.07) is 13.5. The Bertz CT molecular complexity index is 1670. The van der Waals surface area contributed by atoms with Gasteiger partial charge in [0.05, 0.1) is 35.3 Å². The smallest absolute Gasteiger partial charge is 0.416 e. The summed E-state index contributed by atoms with van der Waals surface area (Å²) in [4.78, 5) is 46.1. The van der Waals surface area contributed by atoms with Gasteiger partial charge < -0.3 is 14.2 Å². The summed E-state index contributed by atoms with van der Waals surface area (Å²) in [5.41, 5.74) is -4.10. The number of nitro groups is 2. The van der Waals surface area contributed by atoms with Gasteiger partial charge in [0, 0.05) is 17.7 Å². The lowest BCUT2D eigenvalue weighted by Gasteiger charge is -2.11. The number of nitrogens with zero attached hydrogens (tertiary/aromatic N) is 4. The van der Waals surface area contributed by atoms with Gasteiger partial charge in [-0.15, -0.1) is 0 Å². The Hall–Kier alpha value is -5.80. The SMILES string of the molecule is COC(=O)c1c(-c2ccc(Oc3c([N+](=O)[O-])cc(C(F)(F)F)cc3[N+](=O)[O-])cc2)nn(-c2ccccc2)c1C(=O)OC. The zero-order chi connectivity index (χ0) is 30.8. The van der Waals surface area contributed by atoms with Crippen molar-refractivity contribution in [2.24, 2.45) is 0 Å². The zero-order valence-electron chi connectivity index (χ0n) is 21.4. The fourth-order valence-corrected chi connectivity index (χ4v) is 3.89. The minimum absolute atomic E-state index is 0.0378. The Morgan fingerprint density at radius 1 is 0.857 bits per heavy atom. The second-order valence-electron chi connectivity index (χ2n) is 8.28. The quantitative estimate of drug-likeness (QED) is 0.141. The average molecular weight is 586 g/mol. The lowest BCUT2D eigenvalue weighted by atomic mass is 10.1. The molecule has 16 heteroatoms. The fraction of sp³-hybridized carbons (Fsp3) is 0.115. The van der Waals surface area contributed by atoms with Crippen LogP contribution in [-0.4, -0.2) is 45.8 Å². The number of halogens is 3. The van der Waals surface area contributed by atoms with Crippen LogP contribution in [0.3, 0.4) is 0 Å². The number of rotatable bonds is 8. The molecule has 0 saturated heterocycles. The molecule has 42 heavy (non-hydrogen) atoms. The molecule has 4 rings (SSSR count). The molecule has 0 radical (unpaired) electrons. The number of hydrogen-bond donors (Lipinski definition) is 0. The number of nitro benzene ring substituents is 2. The van der Waals surface area contributed by atoms with E-state index >= 15 is 0 Å². The fourth-order valence-electron chi connectivity index (χ4n) is 3.89. The summed E-state index contributed by atoms with van der Waals surface area (Å²) in [7, 11) is 2.20. The second kappa shape index (κ2) is 11.4. The molecule has 3 aromatic carbocycles. The molecule has 0 N–H and O–H groups in total. The van der Waals surface area contributed by atoms with Crippen molar-refractivity contribution in [3.63, 3.8) is 0 Å². The van der Waals surface area contributed by atoms with Gasteiger partial charge >= 0.3 is 29.5 Å². The number of esters is 2. The Kier molecular flexibility index (Phi) is 7.90. The van der Waals surface area contributed by atoms with Crippen molar-refractivity contribution in [3.05, 3.63) is 104 Å². The molecular formula is C26H17F3N4O9. The van der Waals surface area contributed by atoms with Gasteiger partial charge in [-0.3, -0.25) is 20.2 Å². The standard InChI is InChI=1S/C26H17F3N4O9/c1-40-24(34)20-21(30-31(22(20)25(35)41-2)16-6-4-3-5-7-16)14-8-10-17(11-9-14)42-23-18(32(36)37)12-15(26(27,28)29)13-19(23)33(38)39/h3-13H,1-2H3. The van der Waals surface area contributed by atoms with Crippen LogP contribution in [0.15, 0.2) is 66.7 Å². The van der Waals surface area contributed by atoms with Crippen LogP contribution in [0.1, 0.15) is 26.4 Å². The maximum Gasteiger partial charge on any atom is 0.416 e. The molecule has 0 saturated carbocycles. The number of ether oxygens (including phenoxy) is 3. The summed E-state index contributed by atoms with van der Waals surface area (Å²) in [5, 5.41) is 27.4. The average Bonchev–Trinajstić information content (AvgIpc) is 3.37. The number of carbonyl (C=O) groups excluding carboxylic acids is 2. The predicted molar refractivity (Wildman–Crippen MR) is 137 cm³/mol. The molecule has 0 fully saturated rings. The lowest BCUT2D eigenvalue weighted by molar-refractivity contribution is -0.396. The molecule has 1 aromatic heterocycles. The molecule has 0 amide bonds. The normalized spacial score (nSPS) is 11.1. The van der Waals surface area contributed by atoms with Gasteiger partial charge in [0.15, 0.2) is 5.69 Å². The van der Waals surface area contributed by atoms with Crippen LogP contribution in [0.4, 0.5) is 24.5 Å². The molecule has 0 aliphatic carbocycles. The summed E-state index contributed by atoms with van der Waals surface area (Å²) in [5.74, 6) is -3.09. The van der Waals surface area contributed by atoms with E-state index in [1.807, 2.05) is 0 Å². The molecule has 0 bridgehead atoms. The Morgan fingerprint density at radius 3 is 1.88 bits per heavy atom. The van der Waals surface area contributed by atoms with Crippen LogP contribution in [0, 0.1) is 20.2 Å². The number of hydrogen-bond acceptors (Lipinski definition) is 10. The molecule has 13 nitrogen and oxygen atoms in total. The molecule has 0 aliphatic heterocycles. The van der Waals surface area contributed by atoms with Crippen molar-refractivity contribution in [3.8, 4) is 28.4 Å². The van der Waals surface area contributed by atoms with E-state index < -0.39 is 50.6 Å². The van der Waals surface area contributed by atoms with Gasteiger partial charge in [-0.1, -0.05) is 18.2 Å². The Labute approximate surface area is 233 Å².